The molecule has 35 heavy (non-hydrogen) atoms. The fourth-order valence-corrected chi connectivity index (χ4v) is 5.01. The van der Waals surface area contributed by atoms with Gasteiger partial charge in [0.05, 0.1) is 11.4 Å². The van der Waals surface area contributed by atoms with Gasteiger partial charge in [0, 0.05) is 17.5 Å². The van der Waals surface area contributed by atoms with Gasteiger partial charge in [-0.1, -0.05) is 30.0 Å². The average molecular weight is 508 g/mol. The zero-order valence-corrected chi connectivity index (χ0v) is 22.2. The molecule has 0 spiro atoms. The highest BCUT2D eigenvalue weighted by atomic mass is 32.2. The zero-order chi connectivity index (χ0) is 24.9. The number of aryl methyl sites for hydroxylation is 4. The van der Waals surface area contributed by atoms with Crippen LogP contribution >= 0.6 is 23.1 Å². The molecule has 0 aliphatic rings. The van der Waals surface area contributed by atoms with E-state index < -0.39 is 0 Å². The van der Waals surface area contributed by atoms with E-state index >= 15 is 0 Å². The first-order valence-corrected chi connectivity index (χ1v) is 13.3. The molecule has 2 aromatic heterocycles. The van der Waals surface area contributed by atoms with Gasteiger partial charge in [0.15, 0.2) is 16.1 Å². The Hall–Kier alpha value is -3.17. The van der Waals surface area contributed by atoms with Gasteiger partial charge in [-0.2, -0.15) is 0 Å². The maximum atomic E-state index is 12.6. The maximum Gasteiger partial charge on any atom is 0.236 e. The van der Waals surface area contributed by atoms with E-state index in [1.165, 1.54) is 45.4 Å². The minimum atomic E-state index is -0.130. The van der Waals surface area contributed by atoms with Gasteiger partial charge in [0.2, 0.25) is 5.91 Å². The predicted molar refractivity (Wildman–Crippen MR) is 142 cm³/mol. The van der Waals surface area contributed by atoms with Crippen LogP contribution in [-0.4, -0.2) is 31.4 Å². The van der Waals surface area contributed by atoms with Crippen LogP contribution in [0.4, 0.5) is 5.13 Å². The molecule has 1 amide bonds. The van der Waals surface area contributed by atoms with E-state index in [1.807, 2.05) is 35.1 Å². The summed E-state index contributed by atoms with van der Waals surface area (Å²) in [4.78, 5) is 17.1. The molecule has 0 atom stereocenters. The molecular formula is C26H29N5O2S2. The lowest BCUT2D eigenvalue weighted by Gasteiger charge is -2.10. The summed E-state index contributed by atoms with van der Waals surface area (Å²) < 4.78 is 7.89. The van der Waals surface area contributed by atoms with Crippen molar-refractivity contribution in [2.45, 2.75) is 52.9 Å². The van der Waals surface area contributed by atoms with Crippen molar-refractivity contribution in [1.82, 2.24) is 19.7 Å². The lowest BCUT2D eigenvalue weighted by molar-refractivity contribution is -0.113. The summed E-state index contributed by atoms with van der Waals surface area (Å²) in [5, 5.41) is 14.7. The Morgan fingerprint density at radius 2 is 1.77 bits per heavy atom. The molecule has 7 nitrogen and oxygen atoms in total. The molecule has 1 N–H and O–H groups in total. The van der Waals surface area contributed by atoms with Crippen molar-refractivity contribution in [1.29, 1.82) is 0 Å². The Bertz CT molecular complexity index is 1350. The van der Waals surface area contributed by atoms with Crippen LogP contribution in [0.3, 0.4) is 0 Å². The third-order valence-corrected chi connectivity index (χ3v) is 7.57. The minimum absolute atomic E-state index is 0.130. The van der Waals surface area contributed by atoms with E-state index in [0.29, 0.717) is 23.4 Å². The van der Waals surface area contributed by atoms with Crippen LogP contribution in [0.15, 0.2) is 46.9 Å². The molecule has 0 fully saturated rings. The lowest BCUT2D eigenvalue weighted by atomic mass is 10.1. The largest absolute Gasteiger partial charge is 0.486 e. The molecule has 2 heterocycles. The van der Waals surface area contributed by atoms with Gasteiger partial charge in [0.25, 0.3) is 0 Å². The zero-order valence-electron chi connectivity index (χ0n) is 20.6. The number of rotatable bonds is 9. The van der Waals surface area contributed by atoms with E-state index in [9.17, 15) is 4.79 Å². The smallest absolute Gasteiger partial charge is 0.236 e. The quantitative estimate of drug-likeness (QED) is 0.281. The first kappa shape index (κ1) is 24.9. The molecule has 0 bridgehead atoms. The molecule has 0 radical (unpaired) electrons. The number of nitrogens with zero attached hydrogens (tertiary/aromatic N) is 4. The van der Waals surface area contributed by atoms with Gasteiger partial charge in [-0.25, -0.2) is 4.98 Å². The summed E-state index contributed by atoms with van der Waals surface area (Å²) in [6.07, 6.45) is 0. The predicted octanol–water partition coefficient (Wildman–Crippen LogP) is 5.96. The van der Waals surface area contributed by atoms with Crippen LogP contribution in [-0.2, 0) is 17.9 Å². The number of thiazole rings is 1. The van der Waals surface area contributed by atoms with Crippen LogP contribution in [0.2, 0.25) is 0 Å². The first-order chi connectivity index (χ1) is 16.8. The molecule has 0 aliphatic carbocycles. The molecule has 0 unspecified atom stereocenters. The highest BCUT2D eigenvalue weighted by Gasteiger charge is 2.15. The van der Waals surface area contributed by atoms with Gasteiger partial charge < -0.3 is 14.6 Å². The van der Waals surface area contributed by atoms with Gasteiger partial charge in [-0.3, -0.25) is 4.79 Å². The number of carbonyl (C=O) groups excluding carboxylic acids is 1. The van der Waals surface area contributed by atoms with E-state index in [2.05, 4.69) is 66.4 Å². The number of amides is 1. The van der Waals surface area contributed by atoms with Crippen LogP contribution < -0.4 is 10.1 Å². The normalized spacial score (nSPS) is 11.0. The number of thioether (sulfide) groups is 1. The van der Waals surface area contributed by atoms with Crippen molar-refractivity contribution in [3.05, 3.63) is 69.9 Å². The molecule has 4 aromatic rings. The number of aromatic nitrogens is 4. The van der Waals surface area contributed by atoms with Gasteiger partial charge in [-0.05, 0) is 75.1 Å². The molecule has 0 aliphatic heterocycles. The Kier molecular flexibility index (Phi) is 7.87. The number of carbonyl (C=O) groups is 1. The highest BCUT2D eigenvalue weighted by Crippen LogP contribution is 2.27. The van der Waals surface area contributed by atoms with Crippen LogP contribution in [0.1, 0.15) is 35.0 Å². The van der Waals surface area contributed by atoms with Crippen LogP contribution in [0.25, 0.3) is 11.3 Å². The van der Waals surface area contributed by atoms with Crippen molar-refractivity contribution >= 4 is 34.1 Å². The number of hydrogen-bond acceptors (Lipinski definition) is 7. The first-order valence-electron chi connectivity index (χ1n) is 11.4. The van der Waals surface area contributed by atoms with Crippen molar-refractivity contribution in [2.24, 2.45) is 0 Å². The van der Waals surface area contributed by atoms with Gasteiger partial charge in [0.1, 0.15) is 12.4 Å². The monoisotopic (exact) mass is 507 g/mol. The third kappa shape index (κ3) is 6.10. The topological polar surface area (TPSA) is 81.9 Å². The maximum absolute atomic E-state index is 12.6. The Morgan fingerprint density at radius 1 is 1.03 bits per heavy atom. The van der Waals surface area contributed by atoms with E-state index in [1.54, 1.807) is 0 Å². The molecule has 4 rings (SSSR count). The lowest BCUT2D eigenvalue weighted by Crippen LogP contribution is -2.14. The van der Waals surface area contributed by atoms with E-state index in [0.717, 1.165) is 22.8 Å². The highest BCUT2D eigenvalue weighted by molar-refractivity contribution is 7.99. The second-order valence-electron chi connectivity index (χ2n) is 8.35. The van der Waals surface area contributed by atoms with Crippen LogP contribution in [0, 0.1) is 27.7 Å². The molecule has 182 valence electrons. The number of benzene rings is 2. The minimum Gasteiger partial charge on any atom is -0.486 e. The number of anilines is 1. The van der Waals surface area contributed by atoms with Gasteiger partial charge >= 0.3 is 0 Å². The Balaban J connectivity index is 1.33. The van der Waals surface area contributed by atoms with Crippen LogP contribution in [0.5, 0.6) is 5.75 Å². The summed E-state index contributed by atoms with van der Waals surface area (Å²) >= 11 is 2.77. The molecule has 0 saturated heterocycles. The molecule has 0 saturated carbocycles. The second kappa shape index (κ2) is 11.0. The fourth-order valence-electron chi connectivity index (χ4n) is 3.45. The summed E-state index contributed by atoms with van der Waals surface area (Å²) in [5.74, 6) is 1.62. The summed E-state index contributed by atoms with van der Waals surface area (Å²) in [7, 11) is 0. The van der Waals surface area contributed by atoms with Gasteiger partial charge in [-0.15, -0.1) is 21.5 Å². The van der Waals surface area contributed by atoms with Crippen molar-refractivity contribution in [3.63, 3.8) is 0 Å². The summed E-state index contributed by atoms with van der Waals surface area (Å²) in [5.41, 5.74) is 6.78. The molecule has 9 heteroatoms. The number of hydrogen-bond donors (Lipinski definition) is 1. The standard InChI is InChI=1S/C26H29N5O2S2/c1-6-31-23(13-33-21-10-8-17(3)19(5)12-21)29-30-26(31)35-15-24(32)28-25-27-22(14-34-25)20-9-7-16(2)18(4)11-20/h7-12,14H,6,13,15H2,1-5H3,(H,27,28,32). The van der Waals surface area contributed by atoms with Crippen molar-refractivity contribution in [2.75, 3.05) is 11.1 Å². The summed E-state index contributed by atoms with van der Waals surface area (Å²) in [6.45, 7) is 11.3. The summed E-state index contributed by atoms with van der Waals surface area (Å²) in [6, 6.07) is 12.3. The number of nitrogens with one attached hydrogen (secondary N) is 1. The van der Waals surface area contributed by atoms with Crippen molar-refractivity contribution < 1.29 is 9.53 Å². The average Bonchev–Trinajstić information content (AvgIpc) is 3.46. The van der Waals surface area contributed by atoms with Crippen molar-refractivity contribution in [3.8, 4) is 17.0 Å². The fraction of sp³-hybridized carbons (Fsp3) is 0.308. The third-order valence-electron chi connectivity index (χ3n) is 5.84. The number of ether oxygens (including phenoxy) is 1. The Labute approximate surface area is 214 Å². The molecular weight excluding hydrogens is 478 g/mol. The molecule has 2 aromatic carbocycles. The Morgan fingerprint density at radius 3 is 2.49 bits per heavy atom. The SMILES string of the molecule is CCn1c(COc2ccc(C)c(C)c2)nnc1SCC(=O)Nc1nc(-c2ccc(C)c(C)c2)cs1. The van der Waals surface area contributed by atoms with E-state index in [-0.39, 0.29) is 11.7 Å². The second-order valence-corrected chi connectivity index (χ2v) is 10.2. The van der Waals surface area contributed by atoms with E-state index in [4.69, 9.17) is 4.74 Å².